The number of imide groups is 1. The molecule has 0 saturated carbocycles. The number of hydrogen-bond acceptors (Lipinski definition) is 6. The lowest BCUT2D eigenvalue weighted by atomic mass is 9.92. The number of carboxylic acid groups (broad SMARTS) is 1. The average molecular weight is 588 g/mol. The number of carboxylic acids is 1. The number of benzene rings is 3. The molecule has 10 heteroatoms. The highest BCUT2D eigenvalue weighted by molar-refractivity contribution is 6.48. The standard InChI is InChI=1S/C34H26N4O6/c39-27(40)13-15-38-16-14-35-30(29-28(32(41)37-33(29)42)24-18-36-25-12-5-4-10-22(24)25)23-11-6-9-21(31(23)38)17-26(38)34(43)44-19-20-7-2-1-3-8-20/h1-12,14,16,18,26H,13,15,17,19H2,(H2-,35,36,37,39,40,41,42)/p+1. The molecule has 4 heterocycles. The summed E-state index contributed by atoms with van der Waals surface area (Å²) in [5, 5.41) is 12.9. The quantitative estimate of drug-likeness (QED) is 0.162. The molecule has 3 N–H and O–H groups in total. The van der Waals surface area contributed by atoms with Crippen LogP contribution in [0.5, 0.6) is 0 Å². The number of nitrogens with zero attached hydrogens (tertiary/aromatic N) is 2. The number of H-pyrrole nitrogens is 1. The van der Waals surface area contributed by atoms with Gasteiger partial charge >= 0.3 is 11.9 Å². The van der Waals surface area contributed by atoms with Gasteiger partial charge in [0.2, 0.25) is 6.04 Å². The molecule has 3 aliphatic heterocycles. The lowest BCUT2D eigenvalue weighted by Gasteiger charge is -2.35. The van der Waals surface area contributed by atoms with Crippen molar-refractivity contribution in [2.24, 2.45) is 4.99 Å². The number of para-hydroxylation sites is 2. The molecular weight excluding hydrogens is 560 g/mol. The van der Waals surface area contributed by atoms with Crippen LogP contribution >= 0.6 is 0 Å². The van der Waals surface area contributed by atoms with E-state index in [0.29, 0.717) is 23.2 Å². The SMILES string of the molecule is O=C(O)CC[N+]12C=CN=C(C3=C(c4c[nH]c5ccccc45)C(=O)NC3=O)c3cccc(c31)CC2C(=O)OCc1ccccc1. The molecule has 0 saturated heterocycles. The number of rotatable bonds is 8. The number of aromatic amines is 1. The Morgan fingerprint density at radius 1 is 0.932 bits per heavy atom. The molecule has 0 fully saturated rings. The minimum atomic E-state index is -1.01. The Morgan fingerprint density at radius 3 is 2.52 bits per heavy atom. The second kappa shape index (κ2) is 10.6. The summed E-state index contributed by atoms with van der Waals surface area (Å²) < 4.78 is 5.65. The van der Waals surface area contributed by atoms with E-state index in [0.717, 1.165) is 22.0 Å². The number of hydrogen-bond donors (Lipinski definition) is 3. The predicted molar refractivity (Wildman–Crippen MR) is 163 cm³/mol. The molecule has 1 aromatic heterocycles. The van der Waals surface area contributed by atoms with Crippen molar-refractivity contribution in [1.82, 2.24) is 14.8 Å². The molecule has 0 bridgehead atoms. The summed E-state index contributed by atoms with van der Waals surface area (Å²) in [7, 11) is 0. The molecule has 2 unspecified atom stereocenters. The van der Waals surface area contributed by atoms with Crippen molar-refractivity contribution in [2.45, 2.75) is 25.5 Å². The van der Waals surface area contributed by atoms with Gasteiger partial charge < -0.3 is 14.8 Å². The van der Waals surface area contributed by atoms with Crippen LogP contribution in [0, 0.1) is 0 Å². The Hall–Kier alpha value is -5.61. The Kier molecular flexibility index (Phi) is 6.55. The number of ether oxygens (including phenoxy) is 1. The van der Waals surface area contributed by atoms with E-state index in [2.05, 4.69) is 10.3 Å². The normalized spacial score (nSPS) is 20.4. The highest BCUT2D eigenvalue weighted by atomic mass is 16.5. The van der Waals surface area contributed by atoms with Crippen LogP contribution in [-0.4, -0.2) is 52.1 Å². The van der Waals surface area contributed by atoms with Gasteiger partial charge in [-0.25, -0.2) is 9.79 Å². The van der Waals surface area contributed by atoms with Crippen LogP contribution in [0.25, 0.3) is 16.5 Å². The third-order valence-electron chi connectivity index (χ3n) is 8.51. The van der Waals surface area contributed by atoms with E-state index in [1.807, 2.05) is 66.7 Å². The van der Waals surface area contributed by atoms with Crippen LogP contribution < -0.4 is 9.80 Å². The Balaban J connectivity index is 1.36. The molecule has 2 amide bonds. The van der Waals surface area contributed by atoms with E-state index in [9.17, 15) is 24.3 Å². The molecular formula is C34H27N4O6+. The highest BCUT2D eigenvalue weighted by Crippen LogP contribution is 2.46. The zero-order valence-corrected chi connectivity index (χ0v) is 23.4. The van der Waals surface area contributed by atoms with Crippen molar-refractivity contribution in [1.29, 1.82) is 0 Å². The fourth-order valence-corrected chi connectivity index (χ4v) is 6.58. The first kappa shape index (κ1) is 27.2. The van der Waals surface area contributed by atoms with Crippen molar-refractivity contribution < 1.29 is 29.0 Å². The maximum Gasteiger partial charge on any atom is 0.366 e. The summed E-state index contributed by atoms with van der Waals surface area (Å²) in [6.07, 6.45) is 4.98. The zero-order valence-electron chi connectivity index (χ0n) is 23.4. The lowest BCUT2D eigenvalue weighted by molar-refractivity contribution is -0.150. The predicted octanol–water partition coefficient (Wildman–Crippen LogP) is 4.00. The second-order valence-electron chi connectivity index (χ2n) is 11.0. The molecule has 0 spiro atoms. The number of fused-ring (bicyclic) bond motifs is 1. The molecule has 44 heavy (non-hydrogen) atoms. The van der Waals surface area contributed by atoms with E-state index in [1.54, 1.807) is 18.5 Å². The van der Waals surface area contributed by atoms with E-state index >= 15 is 0 Å². The van der Waals surface area contributed by atoms with Gasteiger partial charge in [-0.3, -0.25) is 24.2 Å². The number of esters is 1. The fraction of sp³-hybridized carbons (Fsp3) is 0.147. The van der Waals surface area contributed by atoms with Crippen LogP contribution in [0.2, 0.25) is 0 Å². The summed E-state index contributed by atoms with van der Waals surface area (Å²) in [4.78, 5) is 60.2. The first-order valence-corrected chi connectivity index (χ1v) is 14.2. The largest absolute Gasteiger partial charge is 0.481 e. The number of aliphatic carboxylic acids is 1. The number of nitrogens with one attached hydrogen (secondary N) is 2. The van der Waals surface area contributed by atoms with Gasteiger partial charge in [-0.1, -0.05) is 60.7 Å². The summed E-state index contributed by atoms with van der Waals surface area (Å²) in [6, 6.07) is 21.6. The second-order valence-corrected chi connectivity index (χ2v) is 11.0. The van der Waals surface area contributed by atoms with Crippen molar-refractivity contribution in [3.05, 3.63) is 119 Å². The van der Waals surface area contributed by atoms with E-state index < -0.39 is 29.8 Å². The van der Waals surface area contributed by atoms with Gasteiger partial charge in [-0.15, -0.1) is 0 Å². The summed E-state index contributed by atoms with van der Waals surface area (Å²) in [5.74, 6) is -2.60. The maximum atomic E-state index is 13.7. The van der Waals surface area contributed by atoms with Crippen LogP contribution in [0.15, 0.2) is 102 Å². The Bertz CT molecular complexity index is 1970. The van der Waals surface area contributed by atoms with Gasteiger partial charge in [0.05, 0.1) is 41.6 Å². The van der Waals surface area contributed by atoms with Gasteiger partial charge in [0.1, 0.15) is 12.8 Å². The van der Waals surface area contributed by atoms with Gasteiger partial charge in [0.25, 0.3) is 11.8 Å². The third-order valence-corrected chi connectivity index (χ3v) is 8.51. The monoisotopic (exact) mass is 587 g/mol. The molecule has 0 radical (unpaired) electrons. The molecule has 3 aromatic carbocycles. The van der Waals surface area contributed by atoms with Crippen LogP contribution in [0.4, 0.5) is 5.69 Å². The number of carbonyl (C=O) groups excluding carboxylic acids is 3. The topological polar surface area (TPSA) is 138 Å². The summed E-state index contributed by atoms with van der Waals surface area (Å²) in [6.45, 7) is 0.135. The molecule has 218 valence electrons. The first-order chi connectivity index (χ1) is 21.4. The molecule has 2 atom stereocenters. The Morgan fingerprint density at radius 2 is 1.70 bits per heavy atom. The van der Waals surface area contributed by atoms with E-state index in [4.69, 9.17) is 9.73 Å². The number of carbonyl (C=O) groups is 4. The third kappa shape index (κ3) is 4.35. The number of amides is 2. The molecule has 10 nitrogen and oxygen atoms in total. The molecule has 7 rings (SSSR count). The highest BCUT2D eigenvalue weighted by Gasteiger charge is 2.53. The molecule has 4 aromatic rings. The van der Waals surface area contributed by atoms with Crippen LogP contribution in [0.3, 0.4) is 0 Å². The van der Waals surface area contributed by atoms with Gasteiger partial charge in [0, 0.05) is 34.6 Å². The fourth-order valence-electron chi connectivity index (χ4n) is 6.58. The number of aliphatic imine (C=N–C) groups is 1. The minimum Gasteiger partial charge on any atom is -0.481 e. The molecule has 0 aliphatic carbocycles. The van der Waals surface area contributed by atoms with E-state index in [1.165, 1.54) is 6.20 Å². The van der Waals surface area contributed by atoms with Crippen LogP contribution in [-0.2, 0) is 36.9 Å². The average Bonchev–Trinajstić information content (AvgIpc) is 3.65. The van der Waals surface area contributed by atoms with Crippen molar-refractivity contribution in [2.75, 3.05) is 6.54 Å². The summed E-state index contributed by atoms with van der Waals surface area (Å²) in [5.41, 5.74) is 4.82. The van der Waals surface area contributed by atoms with Crippen molar-refractivity contribution >= 4 is 51.6 Å². The van der Waals surface area contributed by atoms with Crippen molar-refractivity contribution in [3.63, 3.8) is 0 Å². The smallest absolute Gasteiger partial charge is 0.366 e. The zero-order chi connectivity index (χ0) is 30.4. The van der Waals surface area contributed by atoms with E-state index in [-0.39, 0.29) is 40.9 Å². The molecule has 3 aliphatic rings. The number of quaternary nitrogens is 1. The maximum absolute atomic E-state index is 13.7. The minimum absolute atomic E-state index is 0.0588. The van der Waals surface area contributed by atoms with Gasteiger partial charge in [-0.2, -0.15) is 0 Å². The lowest BCUT2D eigenvalue weighted by Crippen LogP contribution is -2.55. The van der Waals surface area contributed by atoms with Crippen LogP contribution in [0.1, 0.15) is 28.7 Å². The summed E-state index contributed by atoms with van der Waals surface area (Å²) >= 11 is 0. The van der Waals surface area contributed by atoms with Crippen molar-refractivity contribution in [3.8, 4) is 0 Å². The van der Waals surface area contributed by atoms with Gasteiger partial charge in [-0.05, 0) is 17.7 Å². The van der Waals surface area contributed by atoms with Gasteiger partial charge in [0.15, 0.2) is 5.69 Å². The first-order valence-electron chi connectivity index (χ1n) is 14.2. The Labute approximate surface area is 251 Å². The number of aromatic nitrogens is 1.